The van der Waals surface area contributed by atoms with Crippen LogP contribution in [0.15, 0.2) is 0 Å². The molecule has 3 nitrogen and oxygen atoms in total. The van der Waals surface area contributed by atoms with Crippen LogP contribution in [-0.4, -0.2) is 23.8 Å². The number of hydrogen-bond acceptors (Lipinski definition) is 2. The molecule has 0 amide bonds. The summed E-state index contributed by atoms with van der Waals surface area (Å²) in [6.07, 6.45) is 1.99. The van der Waals surface area contributed by atoms with E-state index in [2.05, 4.69) is 0 Å². The Morgan fingerprint density at radius 2 is 2.08 bits per heavy atom. The van der Waals surface area contributed by atoms with Gasteiger partial charge in [0.2, 0.25) is 0 Å². The van der Waals surface area contributed by atoms with Crippen LogP contribution >= 0.6 is 0 Å². The van der Waals surface area contributed by atoms with Crippen LogP contribution in [0.3, 0.4) is 0 Å². The minimum Gasteiger partial charge on any atom is -0.481 e. The van der Waals surface area contributed by atoms with Gasteiger partial charge in [-0.05, 0) is 25.7 Å². The van der Waals surface area contributed by atoms with Gasteiger partial charge in [-0.25, -0.2) is 4.39 Å². The highest BCUT2D eigenvalue weighted by Gasteiger charge is 2.41. The lowest BCUT2D eigenvalue weighted by Gasteiger charge is -2.33. The molecule has 4 heteroatoms. The molecule has 1 fully saturated rings. The van der Waals surface area contributed by atoms with E-state index in [-0.39, 0.29) is 6.04 Å². The quantitative estimate of drug-likeness (QED) is 0.656. The summed E-state index contributed by atoms with van der Waals surface area (Å²) in [5, 5.41) is 8.79. The third kappa shape index (κ3) is 1.58. The van der Waals surface area contributed by atoms with Gasteiger partial charge >= 0.3 is 5.97 Å². The fraction of sp³-hybridized carbons (Fsp3) is 0.875. The maximum Gasteiger partial charge on any atom is 0.312 e. The minimum absolute atomic E-state index is 0.0593. The molecule has 0 saturated heterocycles. The first-order valence-corrected chi connectivity index (χ1v) is 4.16. The number of carboxylic acids is 1. The zero-order valence-electron chi connectivity index (χ0n) is 6.92. The molecule has 1 saturated carbocycles. The maximum atomic E-state index is 12.5. The van der Waals surface area contributed by atoms with E-state index in [1.807, 2.05) is 0 Å². The highest BCUT2D eigenvalue weighted by atomic mass is 19.1. The van der Waals surface area contributed by atoms with Crippen LogP contribution in [0.5, 0.6) is 0 Å². The van der Waals surface area contributed by atoms with Crippen molar-refractivity contribution in [2.75, 3.05) is 6.67 Å². The lowest BCUT2D eigenvalue weighted by Crippen LogP contribution is -2.40. The van der Waals surface area contributed by atoms with Crippen molar-refractivity contribution in [3.05, 3.63) is 0 Å². The Labute approximate surface area is 70.7 Å². The predicted octanol–water partition coefficient (Wildman–Crippen LogP) is 0.928. The van der Waals surface area contributed by atoms with E-state index in [9.17, 15) is 9.18 Å². The number of hydrogen-bond donors (Lipinski definition) is 2. The highest BCUT2D eigenvalue weighted by Crippen LogP contribution is 2.36. The van der Waals surface area contributed by atoms with Crippen LogP contribution in [0.4, 0.5) is 4.39 Å². The molecule has 3 N–H and O–H groups in total. The maximum absolute atomic E-state index is 12.5. The van der Waals surface area contributed by atoms with Gasteiger partial charge < -0.3 is 10.8 Å². The number of carboxylic acid groups (broad SMARTS) is 1. The summed E-state index contributed by atoms with van der Waals surface area (Å²) in [5.41, 5.74) is 4.47. The predicted molar refractivity (Wildman–Crippen MR) is 42.5 cm³/mol. The van der Waals surface area contributed by atoms with Crippen molar-refractivity contribution in [3.63, 3.8) is 0 Å². The third-order valence-electron chi connectivity index (χ3n) is 2.70. The van der Waals surface area contributed by atoms with Crippen LogP contribution in [0.2, 0.25) is 0 Å². The van der Waals surface area contributed by atoms with Gasteiger partial charge in [0, 0.05) is 6.04 Å². The fourth-order valence-corrected chi connectivity index (χ4v) is 1.60. The molecule has 1 aliphatic carbocycles. The first kappa shape index (κ1) is 9.45. The molecule has 1 aliphatic rings. The lowest BCUT2D eigenvalue weighted by molar-refractivity contribution is -0.152. The fourth-order valence-electron chi connectivity index (χ4n) is 1.60. The van der Waals surface area contributed by atoms with E-state index in [0.29, 0.717) is 25.7 Å². The molecule has 0 aromatic heterocycles. The Kier molecular flexibility index (Phi) is 2.67. The summed E-state index contributed by atoms with van der Waals surface area (Å²) in [5.74, 6) is -1.02. The molecule has 0 radical (unpaired) electrons. The average Bonchev–Trinajstić information content (AvgIpc) is 2.06. The van der Waals surface area contributed by atoms with Crippen molar-refractivity contribution in [2.24, 2.45) is 11.1 Å². The summed E-state index contributed by atoms with van der Waals surface area (Å²) in [7, 11) is 0. The standard InChI is InChI=1S/C8H14FNO2/c9-5-8(7(11)12)3-1-6(10)2-4-8/h6H,1-5,10H2,(H,11,12). The summed E-state index contributed by atoms with van der Waals surface area (Å²) < 4.78 is 12.5. The van der Waals surface area contributed by atoms with Gasteiger partial charge in [0.15, 0.2) is 0 Å². The van der Waals surface area contributed by atoms with Crippen LogP contribution < -0.4 is 5.73 Å². The monoisotopic (exact) mass is 175 g/mol. The van der Waals surface area contributed by atoms with E-state index in [0.717, 1.165) is 0 Å². The van der Waals surface area contributed by atoms with Gasteiger partial charge in [0.05, 0.1) is 5.41 Å². The number of halogens is 1. The third-order valence-corrected chi connectivity index (χ3v) is 2.70. The second kappa shape index (κ2) is 3.39. The summed E-state index contributed by atoms with van der Waals surface area (Å²) in [6.45, 7) is -0.769. The molecule has 0 spiro atoms. The van der Waals surface area contributed by atoms with Crippen molar-refractivity contribution >= 4 is 5.97 Å². The Bertz CT molecular complexity index is 176. The molecule has 1 rings (SSSR count). The van der Waals surface area contributed by atoms with Crippen molar-refractivity contribution in [1.82, 2.24) is 0 Å². The van der Waals surface area contributed by atoms with E-state index >= 15 is 0 Å². The Balaban J connectivity index is 2.63. The molecule has 0 aromatic carbocycles. The first-order chi connectivity index (χ1) is 5.60. The molecule has 70 valence electrons. The van der Waals surface area contributed by atoms with E-state index in [1.165, 1.54) is 0 Å². The molecule has 0 atom stereocenters. The van der Waals surface area contributed by atoms with E-state index in [4.69, 9.17) is 10.8 Å². The molecule has 0 heterocycles. The summed E-state index contributed by atoms with van der Waals surface area (Å²) >= 11 is 0. The molecule has 0 aromatic rings. The van der Waals surface area contributed by atoms with Gasteiger partial charge in [-0.2, -0.15) is 0 Å². The van der Waals surface area contributed by atoms with Crippen LogP contribution in [-0.2, 0) is 4.79 Å². The van der Waals surface area contributed by atoms with Gasteiger partial charge in [0.25, 0.3) is 0 Å². The number of carbonyl (C=O) groups is 1. The lowest BCUT2D eigenvalue weighted by atomic mass is 9.73. The molecular weight excluding hydrogens is 161 g/mol. The second-order valence-corrected chi connectivity index (χ2v) is 3.56. The van der Waals surface area contributed by atoms with E-state index in [1.54, 1.807) is 0 Å². The Morgan fingerprint density at radius 3 is 2.42 bits per heavy atom. The number of rotatable bonds is 2. The van der Waals surface area contributed by atoms with E-state index < -0.39 is 18.1 Å². The second-order valence-electron chi connectivity index (χ2n) is 3.56. The zero-order chi connectivity index (χ0) is 9.19. The van der Waals surface area contributed by atoms with Gasteiger partial charge in [-0.15, -0.1) is 0 Å². The average molecular weight is 175 g/mol. The van der Waals surface area contributed by atoms with Crippen LogP contribution in [0.1, 0.15) is 25.7 Å². The van der Waals surface area contributed by atoms with Crippen molar-refractivity contribution in [3.8, 4) is 0 Å². The number of alkyl halides is 1. The van der Waals surface area contributed by atoms with Crippen molar-refractivity contribution < 1.29 is 14.3 Å². The summed E-state index contributed by atoms with van der Waals surface area (Å²) in [4.78, 5) is 10.7. The first-order valence-electron chi connectivity index (χ1n) is 4.16. The van der Waals surface area contributed by atoms with Crippen LogP contribution in [0, 0.1) is 5.41 Å². The molecule has 0 aliphatic heterocycles. The molecule has 12 heavy (non-hydrogen) atoms. The van der Waals surface area contributed by atoms with Gasteiger partial charge in [-0.1, -0.05) is 0 Å². The zero-order valence-corrected chi connectivity index (χ0v) is 6.92. The molecular formula is C8H14FNO2. The number of nitrogens with two attached hydrogens (primary N) is 1. The molecule has 0 bridgehead atoms. The van der Waals surface area contributed by atoms with Gasteiger partial charge in [0.1, 0.15) is 6.67 Å². The Hall–Kier alpha value is -0.640. The SMILES string of the molecule is NC1CCC(CF)(C(=O)O)CC1. The van der Waals surface area contributed by atoms with Crippen molar-refractivity contribution in [1.29, 1.82) is 0 Å². The normalized spacial score (nSPS) is 36.3. The smallest absolute Gasteiger partial charge is 0.312 e. The van der Waals surface area contributed by atoms with Gasteiger partial charge in [-0.3, -0.25) is 4.79 Å². The summed E-state index contributed by atoms with van der Waals surface area (Å²) in [6, 6.07) is 0.0593. The highest BCUT2D eigenvalue weighted by molar-refractivity contribution is 5.74. The number of aliphatic carboxylic acids is 1. The van der Waals surface area contributed by atoms with Crippen molar-refractivity contribution in [2.45, 2.75) is 31.7 Å². The Morgan fingerprint density at radius 1 is 1.58 bits per heavy atom. The van der Waals surface area contributed by atoms with Crippen LogP contribution in [0.25, 0.3) is 0 Å². The minimum atomic E-state index is -1.13. The largest absolute Gasteiger partial charge is 0.481 e. The molecule has 0 unspecified atom stereocenters. The topological polar surface area (TPSA) is 63.3 Å².